The second kappa shape index (κ2) is 10.1. The van der Waals surface area contributed by atoms with Crippen molar-refractivity contribution >= 4 is 28.5 Å². The fraction of sp³-hybridized carbons (Fsp3) is 0.421. The highest BCUT2D eigenvalue weighted by Gasteiger charge is 2.26. The van der Waals surface area contributed by atoms with E-state index in [1.807, 2.05) is 6.92 Å². The molecule has 7 nitrogen and oxygen atoms in total. The number of hydrogen-bond donors (Lipinski definition) is 2. The number of aromatic nitrogens is 1. The lowest BCUT2D eigenvalue weighted by molar-refractivity contribution is -0.119. The van der Waals surface area contributed by atoms with E-state index in [9.17, 15) is 18.4 Å². The Kier molecular flexibility index (Phi) is 7.89. The van der Waals surface area contributed by atoms with Gasteiger partial charge in [-0.15, -0.1) is 11.3 Å². The average Bonchev–Trinajstić information content (AvgIpc) is 3.00. The molecule has 0 fully saturated rings. The van der Waals surface area contributed by atoms with E-state index in [0.717, 1.165) is 4.88 Å². The van der Waals surface area contributed by atoms with Crippen LogP contribution in [-0.2, 0) is 9.53 Å². The second-order valence-corrected chi connectivity index (χ2v) is 7.61. The highest BCUT2D eigenvalue weighted by molar-refractivity contribution is 7.16. The molecule has 0 saturated heterocycles. The van der Waals surface area contributed by atoms with Crippen LogP contribution in [0.1, 0.15) is 25.6 Å². The smallest absolute Gasteiger partial charge is 0.407 e. The Hall–Kier alpha value is -2.75. The maximum atomic E-state index is 12.6. The number of benzene rings is 1. The van der Waals surface area contributed by atoms with Gasteiger partial charge in [0, 0.05) is 10.4 Å². The normalized spacial score (nSPS) is 12.0. The van der Waals surface area contributed by atoms with Gasteiger partial charge in [0.15, 0.2) is 5.13 Å². The summed E-state index contributed by atoms with van der Waals surface area (Å²) in [5, 5.41) is 5.62. The molecule has 1 aromatic carbocycles. The van der Waals surface area contributed by atoms with E-state index < -0.39 is 24.7 Å². The number of alkyl carbamates (subject to hydrolysis) is 1. The zero-order valence-electron chi connectivity index (χ0n) is 16.5. The number of aryl methyl sites for hydroxylation is 1. The number of halogens is 2. The van der Waals surface area contributed by atoms with E-state index in [1.165, 1.54) is 23.5 Å². The molecule has 0 radical (unpaired) electrons. The van der Waals surface area contributed by atoms with Gasteiger partial charge in [0.25, 0.3) is 0 Å². The third-order valence-electron chi connectivity index (χ3n) is 3.88. The van der Waals surface area contributed by atoms with Crippen LogP contribution in [0.25, 0.3) is 11.3 Å². The molecule has 0 bridgehead atoms. The first-order chi connectivity index (χ1) is 13.7. The number of nitrogens with zero attached hydrogens (tertiary/aromatic N) is 1. The van der Waals surface area contributed by atoms with Crippen molar-refractivity contribution in [3.8, 4) is 17.0 Å². The summed E-state index contributed by atoms with van der Waals surface area (Å²) in [7, 11) is 0. The van der Waals surface area contributed by atoms with Gasteiger partial charge in [-0.05, 0) is 44.0 Å². The summed E-state index contributed by atoms with van der Waals surface area (Å²) in [5.41, 5.74) is 1.32. The number of ether oxygens (including phenoxy) is 2. The molecular weight excluding hydrogens is 404 g/mol. The minimum Gasteiger partial charge on any atom is -0.450 e. The summed E-state index contributed by atoms with van der Waals surface area (Å²) in [5.74, 6) is -0.522. The van der Waals surface area contributed by atoms with Gasteiger partial charge in [-0.25, -0.2) is 9.78 Å². The lowest BCUT2D eigenvalue weighted by atomic mass is 10.0. The first-order valence-electron chi connectivity index (χ1n) is 8.98. The minimum absolute atomic E-state index is 0.0509. The van der Waals surface area contributed by atoms with E-state index in [4.69, 9.17) is 4.74 Å². The van der Waals surface area contributed by atoms with Crippen LogP contribution in [0.15, 0.2) is 24.3 Å². The summed E-state index contributed by atoms with van der Waals surface area (Å²) in [6.45, 7) is 4.43. The van der Waals surface area contributed by atoms with Crippen molar-refractivity contribution in [3.63, 3.8) is 0 Å². The fourth-order valence-corrected chi connectivity index (χ4v) is 3.37. The average molecular weight is 427 g/mol. The SMILES string of the molecule is CCOC(=O)NC(C(=O)Nc1nc(-c2ccc(OC(F)F)cc2)c(C)s1)C(C)C. The lowest BCUT2D eigenvalue weighted by Crippen LogP contribution is -2.47. The van der Waals surface area contributed by atoms with Crippen molar-refractivity contribution < 1.29 is 27.8 Å². The van der Waals surface area contributed by atoms with Gasteiger partial charge < -0.3 is 20.1 Å². The van der Waals surface area contributed by atoms with Crippen LogP contribution < -0.4 is 15.4 Å². The highest BCUT2D eigenvalue weighted by atomic mass is 32.1. The summed E-state index contributed by atoms with van der Waals surface area (Å²) < 4.78 is 33.7. The Balaban J connectivity index is 2.12. The topological polar surface area (TPSA) is 89.5 Å². The number of thiazole rings is 1. The molecule has 10 heteroatoms. The van der Waals surface area contributed by atoms with Gasteiger partial charge >= 0.3 is 12.7 Å². The molecule has 29 heavy (non-hydrogen) atoms. The van der Waals surface area contributed by atoms with Crippen LogP contribution in [0.5, 0.6) is 5.75 Å². The number of nitrogens with one attached hydrogen (secondary N) is 2. The molecule has 0 saturated carbocycles. The van der Waals surface area contributed by atoms with E-state index in [0.29, 0.717) is 16.4 Å². The molecule has 2 amide bonds. The first kappa shape index (κ1) is 22.5. The third kappa shape index (κ3) is 6.38. The van der Waals surface area contributed by atoms with Crippen molar-refractivity contribution in [3.05, 3.63) is 29.1 Å². The molecule has 1 atom stereocenters. The zero-order valence-corrected chi connectivity index (χ0v) is 17.3. The number of amides is 2. The standard InChI is InChI=1S/C19H23F2N3O4S/c1-5-27-19(26)23-14(10(2)3)16(25)24-18-22-15(11(4)29-18)12-6-8-13(9-7-12)28-17(20)21/h6-10,14,17H,5H2,1-4H3,(H,23,26)(H,22,24,25). The van der Waals surface area contributed by atoms with Crippen molar-refractivity contribution in [2.24, 2.45) is 5.92 Å². The molecule has 0 aliphatic carbocycles. The largest absolute Gasteiger partial charge is 0.450 e. The van der Waals surface area contributed by atoms with Gasteiger partial charge in [-0.3, -0.25) is 4.79 Å². The number of carbonyl (C=O) groups excluding carboxylic acids is 2. The van der Waals surface area contributed by atoms with E-state index >= 15 is 0 Å². The number of anilines is 1. The van der Waals surface area contributed by atoms with Gasteiger partial charge in [-0.2, -0.15) is 8.78 Å². The number of hydrogen-bond acceptors (Lipinski definition) is 6. The minimum atomic E-state index is -2.89. The van der Waals surface area contributed by atoms with Crippen molar-refractivity contribution in [2.45, 2.75) is 40.3 Å². The van der Waals surface area contributed by atoms with Crippen molar-refractivity contribution in [2.75, 3.05) is 11.9 Å². The summed E-state index contributed by atoms with van der Waals surface area (Å²) in [4.78, 5) is 29.5. The molecule has 158 valence electrons. The van der Waals surface area contributed by atoms with Crippen LogP contribution in [0.3, 0.4) is 0 Å². The quantitative estimate of drug-likeness (QED) is 0.651. The molecule has 1 aromatic heterocycles. The number of rotatable bonds is 8. The number of carbonyl (C=O) groups is 2. The van der Waals surface area contributed by atoms with Crippen LogP contribution >= 0.6 is 11.3 Å². The summed E-state index contributed by atoms with van der Waals surface area (Å²) in [6, 6.07) is 5.30. The van der Waals surface area contributed by atoms with E-state index in [1.54, 1.807) is 32.9 Å². The van der Waals surface area contributed by atoms with Crippen LogP contribution in [-0.4, -0.2) is 36.2 Å². The van der Waals surface area contributed by atoms with Gasteiger partial charge in [0.05, 0.1) is 12.3 Å². The van der Waals surface area contributed by atoms with Crippen LogP contribution in [0.4, 0.5) is 18.7 Å². The Morgan fingerprint density at radius 3 is 2.41 bits per heavy atom. The van der Waals surface area contributed by atoms with Gasteiger partial charge in [-0.1, -0.05) is 13.8 Å². The first-order valence-corrected chi connectivity index (χ1v) is 9.79. The molecule has 2 N–H and O–H groups in total. The molecule has 1 unspecified atom stereocenters. The molecule has 0 aliphatic rings. The highest BCUT2D eigenvalue weighted by Crippen LogP contribution is 2.31. The van der Waals surface area contributed by atoms with E-state index in [-0.39, 0.29) is 18.3 Å². The molecule has 0 aliphatic heterocycles. The molecule has 0 spiro atoms. The van der Waals surface area contributed by atoms with Crippen molar-refractivity contribution in [1.82, 2.24) is 10.3 Å². The predicted octanol–water partition coefficient (Wildman–Crippen LogP) is 4.43. The summed E-state index contributed by atoms with van der Waals surface area (Å²) >= 11 is 1.27. The van der Waals surface area contributed by atoms with Gasteiger partial charge in [0.1, 0.15) is 11.8 Å². The monoisotopic (exact) mass is 427 g/mol. The Bertz CT molecular complexity index is 840. The Labute approximate surface area is 171 Å². The lowest BCUT2D eigenvalue weighted by Gasteiger charge is -2.20. The Morgan fingerprint density at radius 1 is 1.21 bits per heavy atom. The Morgan fingerprint density at radius 2 is 1.86 bits per heavy atom. The zero-order chi connectivity index (χ0) is 21.6. The molecular formula is C19H23F2N3O4S. The fourth-order valence-electron chi connectivity index (χ4n) is 2.53. The maximum Gasteiger partial charge on any atom is 0.407 e. The van der Waals surface area contributed by atoms with Crippen LogP contribution in [0.2, 0.25) is 0 Å². The van der Waals surface area contributed by atoms with Gasteiger partial charge in [0.2, 0.25) is 5.91 Å². The van der Waals surface area contributed by atoms with E-state index in [2.05, 4.69) is 20.4 Å². The summed E-state index contributed by atoms with van der Waals surface area (Å²) in [6.07, 6.45) is -0.663. The number of alkyl halides is 2. The van der Waals surface area contributed by atoms with Crippen molar-refractivity contribution in [1.29, 1.82) is 0 Å². The maximum absolute atomic E-state index is 12.6. The predicted molar refractivity (Wildman–Crippen MR) is 106 cm³/mol. The molecule has 2 aromatic rings. The second-order valence-electron chi connectivity index (χ2n) is 6.40. The molecule has 2 rings (SSSR count). The third-order valence-corrected chi connectivity index (χ3v) is 4.76. The van der Waals surface area contributed by atoms with Crippen LogP contribution in [0, 0.1) is 12.8 Å². The molecule has 1 heterocycles.